The SMILES string of the molecule is CCCCCCCCCCCCCC(=O)N[C@H](CCC(=O)OCc1ccccc1)C(=O)Nc1ccn([C@H]2O[C@@H](CO)[C@H](O)[C@H]2O)c(=O)n1. The molecule has 1 aromatic heterocycles. The highest BCUT2D eigenvalue weighted by molar-refractivity contribution is 5.96. The Kier molecular flexibility index (Phi) is 17.3. The van der Waals surface area contributed by atoms with Crippen LogP contribution in [-0.2, 0) is 30.5 Å². The first kappa shape index (κ1) is 38.8. The Labute approximate surface area is 282 Å². The van der Waals surface area contributed by atoms with Gasteiger partial charge in [-0.2, -0.15) is 4.98 Å². The van der Waals surface area contributed by atoms with E-state index in [1.807, 2.05) is 30.3 Å². The van der Waals surface area contributed by atoms with E-state index < -0.39 is 54.8 Å². The van der Waals surface area contributed by atoms with Gasteiger partial charge in [-0.25, -0.2) is 4.79 Å². The van der Waals surface area contributed by atoms with Crippen molar-refractivity contribution in [3.63, 3.8) is 0 Å². The van der Waals surface area contributed by atoms with Crippen LogP contribution >= 0.6 is 0 Å². The molecule has 0 saturated carbocycles. The fourth-order valence-corrected chi connectivity index (χ4v) is 5.56. The first-order chi connectivity index (χ1) is 23.2. The molecule has 1 fully saturated rings. The average Bonchev–Trinajstić information content (AvgIpc) is 3.37. The molecule has 1 saturated heterocycles. The molecule has 266 valence electrons. The van der Waals surface area contributed by atoms with Crippen LogP contribution in [0.3, 0.4) is 0 Å². The number of nitrogens with zero attached hydrogens (tertiary/aromatic N) is 2. The van der Waals surface area contributed by atoms with E-state index in [2.05, 4.69) is 22.5 Å². The third-order valence-electron chi connectivity index (χ3n) is 8.41. The van der Waals surface area contributed by atoms with Crippen LogP contribution in [-0.4, -0.2) is 73.6 Å². The number of hydrogen-bond donors (Lipinski definition) is 5. The number of ether oxygens (including phenoxy) is 2. The number of aliphatic hydroxyl groups is 3. The van der Waals surface area contributed by atoms with Crippen LogP contribution in [0, 0.1) is 0 Å². The summed E-state index contributed by atoms with van der Waals surface area (Å²) in [4.78, 5) is 55.1. The van der Waals surface area contributed by atoms with E-state index in [4.69, 9.17) is 9.47 Å². The van der Waals surface area contributed by atoms with Crippen molar-refractivity contribution in [2.45, 2.75) is 134 Å². The van der Waals surface area contributed by atoms with Gasteiger partial charge in [-0.15, -0.1) is 0 Å². The van der Waals surface area contributed by atoms with Crippen molar-refractivity contribution in [1.29, 1.82) is 0 Å². The molecule has 48 heavy (non-hydrogen) atoms. The largest absolute Gasteiger partial charge is 0.461 e. The molecule has 2 aromatic rings. The molecule has 13 heteroatoms. The predicted octanol–water partition coefficient (Wildman–Crippen LogP) is 3.50. The normalized spacial score (nSPS) is 19.5. The molecule has 2 amide bonds. The van der Waals surface area contributed by atoms with Gasteiger partial charge in [0.2, 0.25) is 11.8 Å². The molecule has 1 aliphatic heterocycles. The Morgan fingerprint density at radius 1 is 0.917 bits per heavy atom. The van der Waals surface area contributed by atoms with Crippen molar-refractivity contribution < 1.29 is 39.2 Å². The van der Waals surface area contributed by atoms with Crippen LogP contribution in [0.5, 0.6) is 0 Å². The highest BCUT2D eigenvalue weighted by atomic mass is 16.6. The minimum Gasteiger partial charge on any atom is -0.461 e. The maximum absolute atomic E-state index is 13.3. The molecule has 0 spiro atoms. The monoisotopic (exact) mass is 672 g/mol. The third kappa shape index (κ3) is 13.1. The molecule has 0 aliphatic carbocycles. The van der Waals surface area contributed by atoms with Gasteiger partial charge in [0.25, 0.3) is 0 Å². The minimum absolute atomic E-state index is 0.0386. The molecular formula is C35H52N4O9. The van der Waals surface area contributed by atoms with Gasteiger partial charge >= 0.3 is 11.7 Å². The summed E-state index contributed by atoms with van der Waals surface area (Å²) in [6.45, 7) is 1.74. The molecule has 3 rings (SSSR count). The highest BCUT2D eigenvalue weighted by Gasteiger charge is 2.43. The Bertz CT molecular complexity index is 1320. The van der Waals surface area contributed by atoms with E-state index in [1.165, 1.54) is 57.2 Å². The number of hydrogen-bond acceptors (Lipinski definition) is 10. The van der Waals surface area contributed by atoms with Crippen LogP contribution in [0.25, 0.3) is 0 Å². The molecular weight excluding hydrogens is 620 g/mol. The minimum atomic E-state index is -1.48. The zero-order valence-electron chi connectivity index (χ0n) is 27.9. The second kappa shape index (κ2) is 21.3. The molecule has 13 nitrogen and oxygen atoms in total. The summed E-state index contributed by atoms with van der Waals surface area (Å²) in [5, 5.41) is 34.8. The van der Waals surface area contributed by atoms with Gasteiger partial charge in [0.1, 0.15) is 36.8 Å². The van der Waals surface area contributed by atoms with Gasteiger partial charge in [0.15, 0.2) is 6.23 Å². The van der Waals surface area contributed by atoms with Crippen LogP contribution < -0.4 is 16.3 Å². The number of aromatic nitrogens is 2. The molecule has 5 N–H and O–H groups in total. The van der Waals surface area contributed by atoms with Crippen LogP contribution in [0.2, 0.25) is 0 Å². The summed E-state index contributed by atoms with van der Waals surface area (Å²) in [5.74, 6) is -1.65. The number of carbonyl (C=O) groups is 3. The number of esters is 1. The molecule has 1 aliphatic rings. The smallest absolute Gasteiger partial charge is 0.351 e. The maximum Gasteiger partial charge on any atom is 0.351 e. The summed E-state index contributed by atoms with van der Waals surface area (Å²) >= 11 is 0. The number of benzene rings is 1. The Hall–Kier alpha value is -3.65. The number of amides is 2. The Morgan fingerprint density at radius 3 is 2.17 bits per heavy atom. The van der Waals surface area contributed by atoms with Gasteiger partial charge < -0.3 is 35.4 Å². The van der Waals surface area contributed by atoms with E-state index >= 15 is 0 Å². The van der Waals surface area contributed by atoms with E-state index in [0.29, 0.717) is 6.42 Å². The van der Waals surface area contributed by atoms with Crippen molar-refractivity contribution in [3.05, 3.63) is 58.6 Å². The van der Waals surface area contributed by atoms with E-state index in [0.717, 1.165) is 29.4 Å². The number of unbranched alkanes of at least 4 members (excludes halogenated alkanes) is 10. The van der Waals surface area contributed by atoms with Crippen molar-refractivity contribution in [2.75, 3.05) is 11.9 Å². The average molecular weight is 673 g/mol. The van der Waals surface area contributed by atoms with E-state index in [9.17, 15) is 34.5 Å². The van der Waals surface area contributed by atoms with Gasteiger partial charge in [-0.3, -0.25) is 19.0 Å². The Morgan fingerprint density at radius 2 is 1.56 bits per heavy atom. The van der Waals surface area contributed by atoms with Crippen LogP contribution in [0.1, 0.15) is 109 Å². The molecule has 5 atom stereocenters. The maximum atomic E-state index is 13.3. The van der Waals surface area contributed by atoms with Crippen LogP contribution in [0.15, 0.2) is 47.4 Å². The summed E-state index contributed by atoms with van der Waals surface area (Å²) in [6.07, 6.45) is 8.64. The van der Waals surface area contributed by atoms with Crippen molar-refractivity contribution in [2.24, 2.45) is 0 Å². The zero-order valence-corrected chi connectivity index (χ0v) is 27.9. The fraction of sp³-hybridized carbons (Fsp3) is 0.629. The lowest BCUT2D eigenvalue weighted by Gasteiger charge is -2.19. The molecule has 0 radical (unpaired) electrons. The van der Waals surface area contributed by atoms with E-state index in [-0.39, 0.29) is 37.6 Å². The topological polar surface area (TPSA) is 189 Å². The molecule has 2 heterocycles. The van der Waals surface area contributed by atoms with Crippen molar-refractivity contribution in [3.8, 4) is 0 Å². The summed E-state index contributed by atoms with van der Waals surface area (Å²) < 4.78 is 11.7. The van der Waals surface area contributed by atoms with Gasteiger partial charge in [-0.05, 0) is 24.5 Å². The summed E-state index contributed by atoms with van der Waals surface area (Å²) in [7, 11) is 0. The standard InChI is InChI=1S/C35H52N4O9/c1-2-3-4-5-6-7-8-9-10-11-15-18-29(41)36-26(19-20-30(42)47-24-25-16-13-12-14-17-25)33(45)37-28-21-22-39(35(46)38-28)34-32(44)31(43)27(23-40)48-34/h12-14,16-17,21-22,26-27,31-32,34,40,43-44H,2-11,15,18-20,23-24H2,1H3,(H,36,41)(H,37,38,45,46)/t26-,27+,31+,32-,34+/m1/s1. The summed E-state index contributed by atoms with van der Waals surface area (Å²) in [6, 6.07) is 9.37. The molecule has 1 aromatic carbocycles. The number of carbonyl (C=O) groups excluding carboxylic acids is 3. The quantitative estimate of drug-likeness (QED) is 0.0915. The Balaban J connectivity index is 1.52. The number of rotatable bonds is 22. The predicted molar refractivity (Wildman–Crippen MR) is 179 cm³/mol. The third-order valence-corrected chi connectivity index (χ3v) is 8.41. The number of aliphatic hydroxyl groups excluding tert-OH is 3. The lowest BCUT2D eigenvalue weighted by molar-refractivity contribution is -0.145. The highest BCUT2D eigenvalue weighted by Crippen LogP contribution is 2.28. The second-order valence-corrected chi connectivity index (χ2v) is 12.3. The zero-order chi connectivity index (χ0) is 34.7. The molecule has 0 bridgehead atoms. The molecule has 0 unspecified atom stereocenters. The first-order valence-electron chi connectivity index (χ1n) is 17.2. The summed E-state index contributed by atoms with van der Waals surface area (Å²) in [5.41, 5.74) is -0.0673. The van der Waals surface area contributed by atoms with Gasteiger partial charge in [-0.1, -0.05) is 101 Å². The van der Waals surface area contributed by atoms with E-state index in [1.54, 1.807) is 0 Å². The number of nitrogens with one attached hydrogen (secondary N) is 2. The second-order valence-electron chi connectivity index (χ2n) is 12.3. The number of anilines is 1. The van der Waals surface area contributed by atoms with Crippen molar-refractivity contribution >= 4 is 23.6 Å². The van der Waals surface area contributed by atoms with Gasteiger partial charge in [0, 0.05) is 19.0 Å². The van der Waals surface area contributed by atoms with Crippen LogP contribution in [0.4, 0.5) is 5.82 Å². The lowest BCUT2D eigenvalue weighted by Crippen LogP contribution is -2.44. The first-order valence-corrected chi connectivity index (χ1v) is 17.2. The fourth-order valence-electron chi connectivity index (χ4n) is 5.56. The van der Waals surface area contributed by atoms with Gasteiger partial charge in [0.05, 0.1) is 6.61 Å². The lowest BCUT2D eigenvalue weighted by atomic mass is 10.0. The van der Waals surface area contributed by atoms with Crippen molar-refractivity contribution in [1.82, 2.24) is 14.9 Å².